The largest absolute Gasteiger partial charge is 0.389 e. The molecule has 0 fully saturated rings. The second kappa shape index (κ2) is 6.16. The molecule has 0 bridgehead atoms. The molecular formula is C11H13N3OS. The van der Waals surface area contributed by atoms with Crippen LogP contribution in [0.15, 0.2) is 29.3 Å². The number of nitrogens with zero attached hydrogens (tertiary/aromatic N) is 2. The van der Waals surface area contributed by atoms with Gasteiger partial charge < -0.3 is 5.11 Å². The van der Waals surface area contributed by atoms with Crippen molar-refractivity contribution >= 4 is 22.6 Å². The van der Waals surface area contributed by atoms with Crippen molar-refractivity contribution in [3.8, 4) is 6.19 Å². The van der Waals surface area contributed by atoms with Gasteiger partial charge in [-0.2, -0.15) is 5.26 Å². The van der Waals surface area contributed by atoms with Crippen LogP contribution in [0, 0.1) is 11.5 Å². The van der Waals surface area contributed by atoms with E-state index in [1.807, 2.05) is 30.6 Å². The highest BCUT2D eigenvalue weighted by atomic mass is 32.2. The zero-order valence-corrected chi connectivity index (χ0v) is 9.95. The summed E-state index contributed by atoms with van der Waals surface area (Å²) in [6.45, 7) is 1.70. The minimum absolute atomic E-state index is 0.517. The molecule has 1 atom stereocenters. The number of rotatable bonds is 2. The fraction of sp³-hybridized carbons (Fsp3) is 0.273. The quantitative estimate of drug-likeness (QED) is 0.357. The van der Waals surface area contributed by atoms with Crippen LogP contribution in [0.25, 0.3) is 0 Å². The summed E-state index contributed by atoms with van der Waals surface area (Å²) in [5.74, 6) is 0. The Kier molecular flexibility index (Phi) is 4.83. The molecule has 0 saturated carbocycles. The number of nitrogens with one attached hydrogen (secondary N) is 1. The highest BCUT2D eigenvalue weighted by Crippen LogP contribution is 2.20. The van der Waals surface area contributed by atoms with Gasteiger partial charge in [0.1, 0.15) is 0 Å². The van der Waals surface area contributed by atoms with E-state index in [0.29, 0.717) is 10.9 Å². The second-order valence-corrected chi connectivity index (χ2v) is 3.92. The zero-order valence-electron chi connectivity index (χ0n) is 9.14. The number of aliphatic hydroxyl groups is 1. The predicted octanol–water partition coefficient (Wildman–Crippen LogP) is 2.16. The van der Waals surface area contributed by atoms with Crippen molar-refractivity contribution in [2.24, 2.45) is 4.99 Å². The molecule has 0 heterocycles. The van der Waals surface area contributed by atoms with Crippen molar-refractivity contribution in [3.63, 3.8) is 0 Å². The van der Waals surface area contributed by atoms with E-state index in [-0.39, 0.29) is 0 Å². The van der Waals surface area contributed by atoms with Gasteiger partial charge in [0.25, 0.3) is 0 Å². The molecule has 0 saturated heterocycles. The minimum Gasteiger partial charge on any atom is -0.389 e. The lowest BCUT2D eigenvalue weighted by atomic mass is 10.1. The van der Waals surface area contributed by atoms with Crippen molar-refractivity contribution in [3.05, 3.63) is 29.8 Å². The van der Waals surface area contributed by atoms with Crippen LogP contribution in [0.2, 0.25) is 0 Å². The number of benzene rings is 1. The monoisotopic (exact) mass is 235 g/mol. The van der Waals surface area contributed by atoms with Crippen LogP contribution in [0.4, 0.5) is 5.69 Å². The lowest BCUT2D eigenvalue weighted by molar-refractivity contribution is 0.199. The first kappa shape index (κ1) is 12.6. The van der Waals surface area contributed by atoms with Gasteiger partial charge in [0.2, 0.25) is 0 Å². The molecule has 16 heavy (non-hydrogen) atoms. The molecule has 0 aliphatic heterocycles. The lowest BCUT2D eigenvalue weighted by Gasteiger charge is -2.05. The summed E-state index contributed by atoms with van der Waals surface area (Å²) < 4.78 is 0. The summed E-state index contributed by atoms with van der Waals surface area (Å²) >= 11 is 1.36. The van der Waals surface area contributed by atoms with Gasteiger partial charge in [-0.25, -0.2) is 4.99 Å². The normalized spacial score (nSPS) is 13.0. The van der Waals surface area contributed by atoms with Crippen molar-refractivity contribution in [1.82, 2.24) is 5.32 Å². The topological polar surface area (TPSA) is 68.4 Å². The number of hydrogen-bond donors (Lipinski definition) is 2. The Labute approximate surface area is 99.0 Å². The Balaban J connectivity index is 2.96. The van der Waals surface area contributed by atoms with Gasteiger partial charge in [-0.3, -0.25) is 5.32 Å². The van der Waals surface area contributed by atoms with E-state index in [0.717, 1.165) is 5.56 Å². The van der Waals surface area contributed by atoms with Gasteiger partial charge >= 0.3 is 0 Å². The molecule has 1 unspecified atom stereocenters. The first-order chi connectivity index (χ1) is 7.67. The van der Waals surface area contributed by atoms with Crippen LogP contribution in [0.1, 0.15) is 18.6 Å². The average Bonchev–Trinajstić information content (AvgIpc) is 2.29. The molecule has 0 aliphatic carbocycles. The Bertz CT molecular complexity index is 423. The van der Waals surface area contributed by atoms with Crippen LogP contribution in [0.5, 0.6) is 0 Å². The van der Waals surface area contributed by atoms with Crippen molar-refractivity contribution in [2.45, 2.75) is 13.0 Å². The fourth-order valence-electron chi connectivity index (χ4n) is 1.14. The van der Waals surface area contributed by atoms with Gasteiger partial charge in [-0.05, 0) is 30.9 Å². The molecule has 0 spiro atoms. The summed E-state index contributed by atoms with van der Waals surface area (Å²) in [5.41, 5.74) is 1.52. The average molecular weight is 235 g/mol. The standard InChI is InChI=1S/C11H13N3OS/c1-8(15)9-4-3-5-10(6-9)14-11(16-2)13-7-12/h3-6,8,15H,1-2H3,(H,13,14). The van der Waals surface area contributed by atoms with Gasteiger partial charge in [0.15, 0.2) is 11.4 Å². The summed E-state index contributed by atoms with van der Waals surface area (Å²) in [4.78, 5) is 4.24. The van der Waals surface area contributed by atoms with Crippen LogP contribution >= 0.6 is 11.8 Å². The fourth-order valence-corrected chi connectivity index (χ4v) is 1.49. The third-order valence-corrected chi connectivity index (χ3v) is 2.52. The number of hydrogen-bond acceptors (Lipinski definition) is 4. The number of aliphatic hydroxyl groups excluding tert-OH is 1. The SMILES string of the molecule is CSC(=Nc1cccc(C(C)O)c1)NC#N. The predicted molar refractivity (Wildman–Crippen MR) is 66.4 cm³/mol. The molecule has 0 aromatic heterocycles. The molecule has 0 aliphatic rings. The van der Waals surface area contributed by atoms with Crippen molar-refractivity contribution < 1.29 is 5.11 Å². The van der Waals surface area contributed by atoms with Crippen molar-refractivity contribution in [2.75, 3.05) is 6.26 Å². The molecule has 1 rings (SSSR count). The molecule has 5 heteroatoms. The first-order valence-electron chi connectivity index (χ1n) is 4.73. The summed E-state index contributed by atoms with van der Waals surface area (Å²) in [7, 11) is 0. The molecule has 0 radical (unpaired) electrons. The molecule has 1 aromatic carbocycles. The number of amidine groups is 1. The highest BCUT2D eigenvalue weighted by molar-refractivity contribution is 8.13. The van der Waals surface area contributed by atoms with Gasteiger partial charge in [0, 0.05) is 0 Å². The van der Waals surface area contributed by atoms with Crippen LogP contribution in [0.3, 0.4) is 0 Å². The maximum atomic E-state index is 9.42. The van der Waals surface area contributed by atoms with E-state index < -0.39 is 6.10 Å². The smallest absolute Gasteiger partial charge is 0.183 e. The maximum Gasteiger partial charge on any atom is 0.183 e. The molecule has 0 amide bonds. The van der Waals surface area contributed by atoms with Crippen LogP contribution in [-0.4, -0.2) is 16.5 Å². The van der Waals surface area contributed by atoms with Gasteiger partial charge in [-0.1, -0.05) is 23.9 Å². The second-order valence-electron chi connectivity index (χ2n) is 3.13. The summed E-state index contributed by atoms with van der Waals surface area (Å²) in [6.07, 6.45) is 3.14. The number of nitriles is 1. The third-order valence-electron chi connectivity index (χ3n) is 1.94. The Morgan fingerprint density at radius 3 is 2.94 bits per heavy atom. The van der Waals surface area contributed by atoms with Gasteiger partial charge in [0.05, 0.1) is 11.8 Å². The van der Waals surface area contributed by atoms with E-state index in [1.54, 1.807) is 13.0 Å². The third kappa shape index (κ3) is 3.57. The molecule has 2 N–H and O–H groups in total. The Hall–Kier alpha value is -1.51. The van der Waals surface area contributed by atoms with E-state index in [4.69, 9.17) is 5.26 Å². The van der Waals surface area contributed by atoms with Crippen LogP contribution < -0.4 is 5.32 Å². The van der Waals surface area contributed by atoms with Crippen molar-refractivity contribution in [1.29, 1.82) is 5.26 Å². The molecule has 4 nitrogen and oxygen atoms in total. The van der Waals surface area contributed by atoms with E-state index in [2.05, 4.69) is 10.3 Å². The van der Waals surface area contributed by atoms with E-state index in [9.17, 15) is 5.11 Å². The molecule has 1 aromatic rings. The summed E-state index contributed by atoms with van der Waals surface area (Å²) in [6, 6.07) is 7.27. The zero-order chi connectivity index (χ0) is 12.0. The summed E-state index contributed by atoms with van der Waals surface area (Å²) in [5, 5.41) is 20.9. The van der Waals surface area contributed by atoms with Gasteiger partial charge in [-0.15, -0.1) is 0 Å². The molecule has 84 valence electrons. The molecular weight excluding hydrogens is 222 g/mol. The Morgan fingerprint density at radius 1 is 1.62 bits per heavy atom. The number of aliphatic imine (C=N–C) groups is 1. The number of thioether (sulfide) groups is 1. The van der Waals surface area contributed by atoms with E-state index >= 15 is 0 Å². The Morgan fingerprint density at radius 2 is 2.38 bits per heavy atom. The lowest BCUT2D eigenvalue weighted by Crippen LogP contribution is -2.12. The maximum absolute atomic E-state index is 9.42. The minimum atomic E-state index is -0.517. The highest BCUT2D eigenvalue weighted by Gasteiger charge is 2.02. The van der Waals surface area contributed by atoms with Crippen LogP contribution in [-0.2, 0) is 0 Å². The van der Waals surface area contributed by atoms with E-state index in [1.165, 1.54) is 11.8 Å². The first-order valence-corrected chi connectivity index (χ1v) is 5.95.